The van der Waals surface area contributed by atoms with Gasteiger partial charge in [-0.1, -0.05) is 32.2 Å². The Labute approximate surface area is 141 Å². The second-order valence-electron chi connectivity index (χ2n) is 7.68. The van der Waals surface area contributed by atoms with E-state index in [9.17, 15) is 0 Å². The molecule has 0 amide bonds. The van der Waals surface area contributed by atoms with E-state index in [1.807, 2.05) is 0 Å². The van der Waals surface area contributed by atoms with Crippen LogP contribution in [0.4, 0.5) is 11.4 Å². The number of hydrogen-bond acceptors (Lipinski definition) is 2. The quantitative estimate of drug-likeness (QED) is 0.783. The fourth-order valence-corrected chi connectivity index (χ4v) is 7.15. The number of nitrogens with zero attached hydrogens (tertiary/aromatic N) is 2. The van der Waals surface area contributed by atoms with Crippen molar-refractivity contribution in [3.05, 3.63) is 47.5 Å². The Kier molecular flexibility index (Phi) is 3.79. The zero-order valence-corrected chi connectivity index (χ0v) is 16.4. The van der Waals surface area contributed by atoms with E-state index in [1.54, 1.807) is 10.4 Å². The van der Waals surface area contributed by atoms with Gasteiger partial charge in [-0.2, -0.15) is 0 Å². The molecular formula is C20H28N2Si. The highest BCUT2D eigenvalue weighted by atomic mass is 28.3. The van der Waals surface area contributed by atoms with Gasteiger partial charge in [0.1, 0.15) is 8.07 Å². The Bertz CT molecular complexity index is 686. The van der Waals surface area contributed by atoms with E-state index in [0.717, 1.165) is 0 Å². The number of rotatable bonds is 2. The van der Waals surface area contributed by atoms with Gasteiger partial charge in [0.05, 0.1) is 0 Å². The van der Waals surface area contributed by atoms with Gasteiger partial charge in [0.2, 0.25) is 0 Å². The van der Waals surface area contributed by atoms with Crippen molar-refractivity contribution in [3.8, 4) is 0 Å². The van der Waals surface area contributed by atoms with Crippen LogP contribution in [0.25, 0.3) is 0 Å². The molecule has 3 heteroatoms. The lowest BCUT2D eigenvalue weighted by molar-refractivity contribution is 0.925. The Morgan fingerprint density at radius 1 is 0.739 bits per heavy atom. The monoisotopic (exact) mass is 324 g/mol. The van der Waals surface area contributed by atoms with Crippen molar-refractivity contribution in [1.82, 2.24) is 0 Å². The summed E-state index contributed by atoms with van der Waals surface area (Å²) in [6.45, 7) is 7.34. The van der Waals surface area contributed by atoms with Crippen LogP contribution in [0.2, 0.25) is 13.1 Å². The minimum absolute atomic E-state index is 0.480. The molecule has 0 unspecified atom stereocenters. The van der Waals surface area contributed by atoms with E-state index >= 15 is 0 Å². The van der Waals surface area contributed by atoms with E-state index in [1.165, 1.54) is 22.5 Å². The maximum atomic E-state index is 2.50. The normalized spacial score (nSPS) is 15.8. The molecule has 0 saturated heterocycles. The molecule has 0 radical (unpaired) electrons. The van der Waals surface area contributed by atoms with Gasteiger partial charge < -0.3 is 9.80 Å². The van der Waals surface area contributed by atoms with Crippen molar-refractivity contribution in [1.29, 1.82) is 0 Å². The van der Waals surface area contributed by atoms with Crippen molar-refractivity contribution < 1.29 is 0 Å². The molecule has 23 heavy (non-hydrogen) atoms. The topological polar surface area (TPSA) is 6.48 Å². The maximum absolute atomic E-state index is 2.50. The predicted molar refractivity (Wildman–Crippen MR) is 106 cm³/mol. The van der Waals surface area contributed by atoms with Crippen LogP contribution in [0, 0.1) is 0 Å². The average molecular weight is 325 g/mol. The minimum Gasteiger partial charge on any atom is -0.378 e. The molecule has 0 saturated carbocycles. The fourth-order valence-electron chi connectivity index (χ4n) is 3.80. The fraction of sp³-hybridized carbons (Fsp3) is 0.400. The molecule has 2 aromatic rings. The highest BCUT2D eigenvalue weighted by Gasteiger charge is 2.37. The number of hydrogen-bond donors (Lipinski definition) is 0. The molecule has 3 rings (SSSR count). The Hall–Kier alpha value is -1.74. The highest BCUT2D eigenvalue weighted by Crippen LogP contribution is 2.32. The minimum atomic E-state index is -1.68. The lowest BCUT2D eigenvalue weighted by atomic mass is 9.91. The van der Waals surface area contributed by atoms with Crippen molar-refractivity contribution >= 4 is 29.8 Å². The highest BCUT2D eigenvalue weighted by molar-refractivity contribution is 7.01. The first-order chi connectivity index (χ1) is 10.7. The zero-order valence-electron chi connectivity index (χ0n) is 15.4. The van der Waals surface area contributed by atoms with Crippen LogP contribution in [0.3, 0.4) is 0 Å². The Balaban J connectivity index is 2.23. The molecular weight excluding hydrogens is 296 g/mol. The van der Waals surface area contributed by atoms with Gasteiger partial charge in [0.25, 0.3) is 0 Å². The summed E-state index contributed by atoms with van der Waals surface area (Å²) in [6, 6.07) is 14.1. The molecule has 1 heterocycles. The molecule has 1 aliphatic rings. The molecule has 122 valence electrons. The van der Waals surface area contributed by atoms with E-state index in [0.29, 0.717) is 5.92 Å². The first kappa shape index (κ1) is 16.1. The lowest BCUT2D eigenvalue weighted by Gasteiger charge is -2.38. The van der Waals surface area contributed by atoms with Crippen LogP contribution in [0.15, 0.2) is 36.4 Å². The van der Waals surface area contributed by atoms with Gasteiger partial charge in [0.15, 0.2) is 0 Å². The molecule has 0 atom stereocenters. The first-order valence-corrected chi connectivity index (χ1v) is 11.4. The van der Waals surface area contributed by atoms with Crippen molar-refractivity contribution in [2.45, 2.75) is 25.9 Å². The van der Waals surface area contributed by atoms with Gasteiger partial charge in [0, 0.05) is 45.5 Å². The third kappa shape index (κ3) is 2.47. The lowest BCUT2D eigenvalue weighted by Crippen LogP contribution is -2.59. The summed E-state index contributed by atoms with van der Waals surface area (Å²) in [6.07, 6.45) is 0. The summed E-state index contributed by atoms with van der Waals surface area (Å²) in [5.41, 5.74) is 5.67. The van der Waals surface area contributed by atoms with Crippen molar-refractivity contribution in [3.63, 3.8) is 0 Å². The zero-order chi connectivity index (χ0) is 16.9. The van der Waals surface area contributed by atoms with Gasteiger partial charge in [-0.15, -0.1) is 0 Å². The van der Waals surface area contributed by atoms with Gasteiger partial charge in [-0.05, 0) is 45.8 Å². The molecule has 0 N–H and O–H groups in total. The van der Waals surface area contributed by atoms with Crippen molar-refractivity contribution in [2.24, 2.45) is 0 Å². The smallest absolute Gasteiger partial charge is 0.113 e. The second-order valence-corrected chi connectivity index (χ2v) is 12.0. The molecule has 0 fully saturated rings. The second kappa shape index (κ2) is 5.41. The summed E-state index contributed by atoms with van der Waals surface area (Å²) in [4.78, 5) is 4.42. The molecule has 2 aromatic carbocycles. The van der Waals surface area contributed by atoms with E-state index < -0.39 is 8.07 Å². The predicted octanol–water partition coefficient (Wildman–Crippen LogP) is 3.11. The summed E-state index contributed by atoms with van der Waals surface area (Å²) in [7, 11) is 6.82. The van der Waals surface area contributed by atoms with Crippen LogP contribution < -0.4 is 20.2 Å². The van der Waals surface area contributed by atoms with E-state index in [4.69, 9.17) is 0 Å². The third-order valence-corrected chi connectivity index (χ3v) is 8.95. The van der Waals surface area contributed by atoms with Crippen LogP contribution in [0.5, 0.6) is 0 Å². The largest absolute Gasteiger partial charge is 0.378 e. The molecule has 0 bridgehead atoms. The average Bonchev–Trinajstić information content (AvgIpc) is 2.51. The number of benzene rings is 2. The molecule has 1 aliphatic heterocycles. The number of fused-ring (bicyclic) bond motifs is 2. The van der Waals surface area contributed by atoms with Crippen molar-refractivity contribution in [2.75, 3.05) is 38.0 Å². The van der Waals surface area contributed by atoms with E-state index in [-0.39, 0.29) is 0 Å². The standard InChI is InChI=1S/C20H28N2Si/c1-14-17-10-8-15(21(2)3)12-19(17)23(6,7)20-13-16(22(4)5)9-11-18(14)20/h8-14H,1-7H3. The van der Waals surface area contributed by atoms with Gasteiger partial charge >= 0.3 is 0 Å². The number of anilines is 2. The molecule has 0 aromatic heterocycles. The molecule has 0 aliphatic carbocycles. The molecule has 2 nitrogen and oxygen atoms in total. The Morgan fingerprint density at radius 3 is 1.48 bits per heavy atom. The summed E-state index contributed by atoms with van der Waals surface area (Å²) in [5.74, 6) is 0.480. The summed E-state index contributed by atoms with van der Waals surface area (Å²) < 4.78 is 0. The first-order valence-electron chi connectivity index (χ1n) is 8.37. The van der Waals surface area contributed by atoms with Gasteiger partial charge in [-0.25, -0.2) is 0 Å². The van der Waals surface area contributed by atoms with Crippen LogP contribution in [-0.4, -0.2) is 36.3 Å². The van der Waals surface area contributed by atoms with Crippen LogP contribution in [-0.2, 0) is 0 Å². The van der Waals surface area contributed by atoms with Crippen LogP contribution >= 0.6 is 0 Å². The van der Waals surface area contributed by atoms with Gasteiger partial charge in [-0.3, -0.25) is 0 Å². The summed E-state index contributed by atoms with van der Waals surface area (Å²) in [5, 5.41) is 3.19. The van der Waals surface area contributed by atoms with E-state index in [2.05, 4.69) is 94.4 Å². The Morgan fingerprint density at radius 2 is 1.13 bits per heavy atom. The molecule has 0 spiro atoms. The van der Waals surface area contributed by atoms with Crippen LogP contribution in [0.1, 0.15) is 24.0 Å². The SMILES string of the molecule is CC1c2ccc(N(C)C)cc2[Si](C)(C)c2cc(N(C)C)ccc21. The summed E-state index contributed by atoms with van der Waals surface area (Å²) >= 11 is 0. The maximum Gasteiger partial charge on any atom is 0.113 e. The third-order valence-electron chi connectivity index (χ3n) is 5.39.